The number of likely N-dealkylation sites (N-methyl/N-ethyl adjacent to an activating group) is 1. The van der Waals surface area contributed by atoms with Crippen molar-refractivity contribution in [2.24, 2.45) is 0 Å². The van der Waals surface area contributed by atoms with E-state index in [2.05, 4.69) is 31.2 Å². The first-order valence-corrected chi connectivity index (χ1v) is 9.66. The number of hydrogen-bond donors (Lipinski definition) is 2. The minimum Gasteiger partial charge on any atom is -0.322 e. The molecule has 3 rings (SSSR count). The lowest BCUT2D eigenvalue weighted by molar-refractivity contribution is -0.120. The highest BCUT2D eigenvalue weighted by Crippen LogP contribution is 2.20. The standard InChI is InChI=1S/C20H20BrFN4O2/c1-3-26(11-18-23-16-7-5-4-6-14(16)20(28)25-18)12(2)19(27)24-17-9-8-13(21)10-15(17)22/h4-10,12H,3,11H2,1-2H3,(H,24,27)(H,23,25,28). The van der Waals surface area contributed by atoms with Crippen LogP contribution < -0.4 is 10.9 Å². The van der Waals surface area contributed by atoms with Gasteiger partial charge < -0.3 is 10.3 Å². The Kier molecular flexibility index (Phi) is 6.21. The zero-order valence-electron chi connectivity index (χ0n) is 15.5. The van der Waals surface area contributed by atoms with Gasteiger partial charge in [0, 0.05) is 4.47 Å². The quantitative estimate of drug-likeness (QED) is 0.605. The summed E-state index contributed by atoms with van der Waals surface area (Å²) >= 11 is 3.19. The second-order valence-corrected chi connectivity index (χ2v) is 7.30. The van der Waals surface area contributed by atoms with E-state index in [1.165, 1.54) is 12.1 Å². The fourth-order valence-corrected chi connectivity index (χ4v) is 3.25. The lowest BCUT2D eigenvalue weighted by atomic mass is 10.2. The van der Waals surface area contributed by atoms with E-state index in [0.29, 0.717) is 27.7 Å². The first-order chi connectivity index (χ1) is 13.4. The average molecular weight is 447 g/mol. The Morgan fingerprint density at radius 2 is 2.07 bits per heavy atom. The number of aromatic nitrogens is 2. The van der Waals surface area contributed by atoms with Gasteiger partial charge in [0.2, 0.25) is 5.91 Å². The van der Waals surface area contributed by atoms with Crippen molar-refractivity contribution >= 4 is 38.4 Å². The summed E-state index contributed by atoms with van der Waals surface area (Å²) in [5.41, 5.74) is 0.505. The van der Waals surface area contributed by atoms with Crippen molar-refractivity contribution < 1.29 is 9.18 Å². The molecule has 1 aromatic heterocycles. The molecule has 1 unspecified atom stereocenters. The number of amides is 1. The van der Waals surface area contributed by atoms with Gasteiger partial charge in [0.1, 0.15) is 11.6 Å². The highest BCUT2D eigenvalue weighted by molar-refractivity contribution is 9.10. The molecule has 8 heteroatoms. The number of anilines is 1. The Bertz CT molecular complexity index is 1070. The molecular formula is C20H20BrFN4O2. The molecular weight excluding hydrogens is 427 g/mol. The summed E-state index contributed by atoms with van der Waals surface area (Å²) in [6, 6.07) is 11.0. The minimum atomic E-state index is -0.551. The molecule has 1 atom stereocenters. The van der Waals surface area contributed by atoms with Crippen molar-refractivity contribution in [1.82, 2.24) is 14.9 Å². The zero-order chi connectivity index (χ0) is 20.3. The average Bonchev–Trinajstić information content (AvgIpc) is 2.67. The van der Waals surface area contributed by atoms with Gasteiger partial charge in [0.25, 0.3) is 5.56 Å². The molecule has 0 aliphatic heterocycles. The largest absolute Gasteiger partial charge is 0.322 e. The number of halogens is 2. The summed E-state index contributed by atoms with van der Waals surface area (Å²) in [4.78, 5) is 33.9. The van der Waals surface area contributed by atoms with Crippen molar-refractivity contribution in [3.63, 3.8) is 0 Å². The highest BCUT2D eigenvalue weighted by Gasteiger charge is 2.22. The summed E-state index contributed by atoms with van der Waals surface area (Å²) in [7, 11) is 0. The minimum absolute atomic E-state index is 0.119. The van der Waals surface area contributed by atoms with Crippen LogP contribution in [0, 0.1) is 5.82 Å². The van der Waals surface area contributed by atoms with Crippen LogP contribution in [0.4, 0.5) is 10.1 Å². The Hall–Kier alpha value is -2.58. The van der Waals surface area contributed by atoms with Crippen molar-refractivity contribution in [1.29, 1.82) is 0 Å². The van der Waals surface area contributed by atoms with E-state index in [-0.39, 0.29) is 23.7 Å². The monoisotopic (exact) mass is 446 g/mol. The van der Waals surface area contributed by atoms with Gasteiger partial charge in [-0.15, -0.1) is 0 Å². The molecule has 0 aliphatic rings. The zero-order valence-corrected chi connectivity index (χ0v) is 17.1. The van der Waals surface area contributed by atoms with Gasteiger partial charge in [-0.25, -0.2) is 9.37 Å². The number of fused-ring (bicyclic) bond motifs is 1. The van der Waals surface area contributed by atoms with Crippen LogP contribution >= 0.6 is 15.9 Å². The Balaban J connectivity index is 1.77. The van der Waals surface area contributed by atoms with E-state index in [4.69, 9.17) is 0 Å². The molecule has 2 N–H and O–H groups in total. The molecule has 3 aromatic rings. The molecule has 1 heterocycles. The predicted octanol–water partition coefficient (Wildman–Crippen LogP) is 3.67. The third-order valence-corrected chi connectivity index (χ3v) is 5.03. The number of nitrogens with zero attached hydrogens (tertiary/aromatic N) is 2. The lowest BCUT2D eigenvalue weighted by Gasteiger charge is -2.26. The molecule has 1 amide bonds. The number of rotatable bonds is 6. The van der Waals surface area contributed by atoms with Gasteiger partial charge in [-0.1, -0.05) is 35.0 Å². The number of aromatic amines is 1. The van der Waals surface area contributed by atoms with E-state index in [1.54, 1.807) is 31.2 Å². The molecule has 0 saturated heterocycles. The topological polar surface area (TPSA) is 78.1 Å². The maximum absolute atomic E-state index is 14.0. The van der Waals surface area contributed by atoms with Crippen molar-refractivity contribution in [2.75, 3.05) is 11.9 Å². The first-order valence-electron chi connectivity index (χ1n) is 8.87. The number of hydrogen-bond acceptors (Lipinski definition) is 4. The van der Waals surface area contributed by atoms with E-state index in [0.717, 1.165) is 0 Å². The molecule has 146 valence electrons. The number of benzene rings is 2. The van der Waals surface area contributed by atoms with Gasteiger partial charge in [-0.2, -0.15) is 0 Å². The normalized spacial score (nSPS) is 12.3. The third kappa shape index (κ3) is 4.45. The van der Waals surface area contributed by atoms with Crippen LogP contribution in [0.25, 0.3) is 10.9 Å². The molecule has 0 bridgehead atoms. The van der Waals surface area contributed by atoms with Crippen LogP contribution in [0.15, 0.2) is 51.7 Å². The van der Waals surface area contributed by atoms with Gasteiger partial charge in [0.15, 0.2) is 0 Å². The predicted molar refractivity (Wildman–Crippen MR) is 111 cm³/mol. The number of carbonyl (C=O) groups excluding carboxylic acids is 1. The molecule has 28 heavy (non-hydrogen) atoms. The molecule has 0 saturated carbocycles. The SMILES string of the molecule is CCN(Cc1nc2ccccc2c(=O)[nH]1)C(C)C(=O)Nc1ccc(Br)cc1F. The molecule has 0 spiro atoms. The fraction of sp³-hybridized carbons (Fsp3) is 0.250. The van der Waals surface area contributed by atoms with E-state index in [1.807, 2.05) is 17.9 Å². The second kappa shape index (κ2) is 8.62. The van der Waals surface area contributed by atoms with Crippen LogP contribution in [0.2, 0.25) is 0 Å². The van der Waals surface area contributed by atoms with Crippen LogP contribution in [0.5, 0.6) is 0 Å². The van der Waals surface area contributed by atoms with E-state index < -0.39 is 11.9 Å². The second-order valence-electron chi connectivity index (χ2n) is 6.38. The van der Waals surface area contributed by atoms with Crippen LogP contribution in [0.3, 0.4) is 0 Å². The molecule has 0 fully saturated rings. The number of nitrogens with one attached hydrogen (secondary N) is 2. The van der Waals surface area contributed by atoms with E-state index in [9.17, 15) is 14.0 Å². The summed E-state index contributed by atoms with van der Waals surface area (Å²) in [6.07, 6.45) is 0. The molecule has 2 aromatic carbocycles. The molecule has 0 radical (unpaired) electrons. The van der Waals surface area contributed by atoms with Gasteiger partial charge in [0.05, 0.1) is 29.2 Å². The van der Waals surface area contributed by atoms with Crippen molar-refractivity contribution in [3.8, 4) is 0 Å². The Labute approximate surface area is 169 Å². The van der Waals surface area contributed by atoms with Crippen LogP contribution in [-0.4, -0.2) is 33.4 Å². The van der Waals surface area contributed by atoms with Crippen molar-refractivity contribution in [3.05, 3.63) is 68.9 Å². The highest BCUT2D eigenvalue weighted by atomic mass is 79.9. The van der Waals surface area contributed by atoms with Gasteiger partial charge in [-0.3, -0.25) is 14.5 Å². The summed E-state index contributed by atoms with van der Waals surface area (Å²) in [5.74, 6) is -0.385. The maximum atomic E-state index is 14.0. The molecule has 6 nitrogen and oxygen atoms in total. The summed E-state index contributed by atoms with van der Waals surface area (Å²) < 4.78 is 14.6. The van der Waals surface area contributed by atoms with Crippen LogP contribution in [0.1, 0.15) is 19.7 Å². The van der Waals surface area contributed by atoms with Gasteiger partial charge >= 0.3 is 0 Å². The Morgan fingerprint density at radius 3 is 2.79 bits per heavy atom. The number of carbonyl (C=O) groups is 1. The molecule has 0 aliphatic carbocycles. The fourth-order valence-electron chi connectivity index (χ4n) is 2.92. The summed E-state index contributed by atoms with van der Waals surface area (Å²) in [6.45, 7) is 4.47. The summed E-state index contributed by atoms with van der Waals surface area (Å²) in [5, 5.41) is 3.13. The Morgan fingerprint density at radius 1 is 1.32 bits per heavy atom. The number of para-hydroxylation sites is 1. The third-order valence-electron chi connectivity index (χ3n) is 4.54. The van der Waals surface area contributed by atoms with Gasteiger partial charge in [-0.05, 0) is 43.8 Å². The lowest BCUT2D eigenvalue weighted by Crippen LogP contribution is -2.42. The maximum Gasteiger partial charge on any atom is 0.258 e. The smallest absolute Gasteiger partial charge is 0.258 e. The van der Waals surface area contributed by atoms with Crippen molar-refractivity contribution in [2.45, 2.75) is 26.4 Å². The first kappa shape index (κ1) is 20.2. The number of H-pyrrole nitrogens is 1. The van der Waals surface area contributed by atoms with Crippen LogP contribution in [-0.2, 0) is 11.3 Å². The van der Waals surface area contributed by atoms with E-state index >= 15 is 0 Å².